The predicted molar refractivity (Wildman–Crippen MR) is 98.2 cm³/mol. The second-order valence-corrected chi connectivity index (χ2v) is 9.01. The van der Waals surface area contributed by atoms with Gasteiger partial charge in [-0.25, -0.2) is 4.39 Å². The molecule has 140 valence electrons. The van der Waals surface area contributed by atoms with Gasteiger partial charge in [0.2, 0.25) is 0 Å². The van der Waals surface area contributed by atoms with Crippen LogP contribution in [0.2, 0.25) is 0 Å². The number of hydrogen-bond acceptors (Lipinski definition) is 4. The number of nitrogens with one attached hydrogen (secondary N) is 1. The van der Waals surface area contributed by atoms with Gasteiger partial charge in [-0.3, -0.25) is 9.80 Å². The van der Waals surface area contributed by atoms with Gasteiger partial charge in [0.1, 0.15) is 6.17 Å². The highest BCUT2D eigenvalue weighted by Gasteiger charge is 2.33. The number of halogens is 1. The van der Waals surface area contributed by atoms with Gasteiger partial charge in [0.25, 0.3) is 0 Å². The second-order valence-electron chi connectivity index (χ2n) is 9.01. The Labute approximate surface area is 147 Å². The van der Waals surface area contributed by atoms with Crippen LogP contribution in [-0.4, -0.2) is 91.4 Å². The second kappa shape index (κ2) is 7.98. The van der Waals surface area contributed by atoms with Gasteiger partial charge in [0.15, 0.2) is 0 Å². The van der Waals surface area contributed by atoms with Gasteiger partial charge in [-0.15, -0.1) is 0 Å². The highest BCUT2D eigenvalue weighted by molar-refractivity contribution is 4.89. The summed E-state index contributed by atoms with van der Waals surface area (Å²) in [6.07, 6.45) is 2.94. The molecule has 24 heavy (non-hydrogen) atoms. The Morgan fingerprint density at radius 3 is 2.21 bits per heavy atom. The third-order valence-electron chi connectivity index (χ3n) is 6.33. The number of likely N-dealkylation sites (tertiary alicyclic amines) is 1. The summed E-state index contributed by atoms with van der Waals surface area (Å²) in [5, 5.41) is 3.16. The van der Waals surface area contributed by atoms with Crippen molar-refractivity contribution in [2.45, 2.75) is 57.8 Å². The third kappa shape index (κ3) is 4.69. The Balaban J connectivity index is 1.38. The molecular weight excluding hydrogens is 303 g/mol. The first kappa shape index (κ1) is 18.6. The van der Waals surface area contributed by atoms with Crippen LogP contribution >= 0.6 is 0 Å². The highest BCUT2D eigenvalue weighted by Crippen LogP contribution is 2.25. The third-order valence-corrected chi connectivity index (χ3v) is 6.33. The fourth-order valence-corrected chi connectivity index (χ4v) is 4.65. The van der Waals surface area contributed by atoms with Crippen molar-refractivity contribution >= 4 is 0 Å². The quantitative estimate of drug-likeness (QED) is 0.846. The molecule has 0 amide bonds. The van der Waals surface area contributed by atoms with E-state index >= 15 is 0 Å². The molecule has 3 rings (SSSR count). The molecule has 0 aromatic heterocycles. The molecule has 3 saturated heterocycles. The minimum Gasteiger partial charge on any atom is -0.314 e. The summed E-state index contributed by atoms with van der Waals surface area (Å²) in [6.45, 7) is 16.6. The molecule has 0 saturated carbocycles. The summed E-state index contributed by atoms with van der Waals surface area (Å²) in [5.74, 6) is 0.850. The van der Waals surface area contributed by atoms with Crippen LogP contribution in [0.15, 0.2) is 0 Å². The number of alkyl halides is 1. The maximum Gasteiger partial charge on any atom is 0.128 e. The lowest BCUT2D eigenvalue weighted by molar-refractivity contribution is 0.0263. The Morgan fingerprint density at radius 1 is 0.958 bits per heavy atom. The van der Waals surface area contributed by atoms with E-state index in [-0.39, 0.29) is 6.04 Å². The van der Waals surface area contributed by atoms with Gasteiger partial charge < -0.3 is 10.2 Å². The zero-order chi connectivity index (χ0) is 17.2. The zero-order valence-corrected chi connectivity index (χ0v) is 15.9. The Hall–Kier alpha value is -0.230. The van der Waals surface area contributed by atoms with Crippen molar-refractivity contribution in [3.8, 4) is 0 Å². The molecule has 1 N–H and O–H groups in total. The van der Waals surface area contributed by atoms with Gasteiger partial charge in [-0.05, 0) is 65.6 Å². The van der Waals surface area contributed by atoms with Crippen molar-refractivity contribution in [2.24, 2.45) is 5.92 Å². The molecule has 4 nitrogen and oxygen atoms in total. The highest BCUT2D eigenvalue weighted by atomic mass is 19.1. The fourth-order valence-electron chi connectivity index (χ4n) is 4.65. The summed E-state index contributed by atoms with van der Waals surface area (Å²) < 4.78 is 14.1. The molecule has 0 spiro atoms. The molecule has 3 aliphatic heterocycles. The van der Waals surface area contributed by atoms with Crippen LogP contribution < -0.4 is 5.32 Å². The summed E-state index contributed by atoms with van der Waals surface area (Å²) in [7, 11) is 0. The smallest absolute Gasteiger partial charge is 0.128 e. The Kier molecular flexibility index (Phi) is 6.17. The molecule has 0 aromatic carbocycles. The van der Waals surface area contributed by atoms with Gasteiger partial charge in [0, 0.05) is 50.8 Å². The first-order valence-corrected chi connectivity index (χ1v) is 10.00. The molecule has 2 unspecified atom stereocenters. The molecule has 0 aliphatic carbocycles. The number of nitrogens with zero attached hydrogens (tertiary/aromatic N) is 3. The zero-order valence-electron chi connectivity index (χ0n) is 15.9. The maximum atomic E-state index is 14.1. The average Bonchev–Trinajstić information content (AvgIpc) is 2.56. The number of hydrogen-bond donors (Lipinski definition) is 1. The SMILES string of the molecule is CC(C)(C)N1CCC(CN2CCN(C3CCNCC3F)CC2)CC1. The van der Waals surface area contributed by atoms with Gasteiger partial charge >= 0.3 is 0 Å². The molecule has 3 fully saturated rings. The average molecular weight is 341 g/mol. The lowest BCUT2D eigenvalue weighted by Crippen LogP contribution is -2.57. The maximum absolute atomic E-state index is 14.1. The molecule has 0 radical (unpaired) electrons. The van der Waals surface area contributed by atoms with E-state index in [1.807, 2.05) is 0 Å². The van der Waals surface area contributed by atoms with E-state index < -0.39 is 6.17 Å². The number of piperazine rings is 1. The van der Waals surface area contributed by atoms with Crippen molar-refractivity contribution in [3.05, 3.63) is 0 Å². The molecule has 3 aliphatic rings. The molecule has 0 bridgehead atoms. The predicted octanol–water partition coefficient (Wildman–Crippen LogP) is 1.81. The Morgan fingerprint density at radius 2 is 1.62 bits per heavy atom. The van der Waals surface area contributed by atoms with E-state index in [0.29, 0.717) is 12.1 Å². The molecule has 3 heterocycles. The standard InChI is InChI=1S/C19H37FN4/c1-19(2,3)24-8-5-16(6-9-24)15-22-10-12-23(13-11-22)18-4-7-21-14-17(18)20/h16-18,21H,4-15H2,1-3H3. The molecular formula is C19H37FN4. The van der Waals surface area contributed by atoms with Crippen LogP contribution in [0.4, 0.5) is 4.39 Å². The number of rotatable bonds is 3. The van der Waals surface area contributed by atoms with E-state index in [4.69, 9.17) is 0 Å². The lowest BCUT2D eigenvalue weighted by atomic mass is 9.92. The topological polar surface area (TPSA) is 21.8 Å². The van der Waals surface area contributed by atoms with Gasteiger partial charge in [0.05, 0.1) is 0 Å². The minimum absolute atomic E-state index is 0.156. The van der Waals surface area contributed by atoms with Crippen molar-refractivity contribution in [1.29, 1.82) is 0 Å². The first-order chi connectivity index (χ1) is 11.4. The van der Waals surface area contributed by atoms with E-state index in [9.17, 15) is 4.39 Å². The van der Waals surface area contributed by atoms with Gasteiger partial charge in [-0.1, -0.05) is 0 Å². The first-order valence-electron chi connectivity index (χ1n) is 10.00. The summed E-state index contributed by atoms with van der Waals surface area (Å²) >= 11 is 0. The monoisotopic (exact) mass is 340 g/mol. The van der Waals surface area contributed by atoms with Crippen molar-refractivity contribution in [2.75, 3.05) is 58.9 Å². The summed E-state index contributed by atoms with van der Waals surface area (Å²) in [5.41, 5.74) is 0.314. The van der Waals surface area contributed by atoms with Gasteiger partial charge in [-0.2, -0.15) is 0 Å². The van der Waals surface area contributed by atoms with E-state index in [0.717, 1.165) is 45.1 Å². The molecule has 0 aromatic rings. The largest absolute Gasteiger partial charge is 0.314 e. The van der Waals surface area contributed by atoms with Crippen molar-refractivity contribution in [3.63, 3.8) is 0 Å². The van der Waals surface area contributed by atoms with Crippen LogP contribution in [0.25, 0.3) is 0 Å². The van der Waals surface area contributed by atoms with Crippen LogP contribution in [0.3, 0.4) is 0 Å². The van der Waals surface area contributed by atoms with Crippen molar-refractivity contribution in [1.82, 2.24) is 20.0 Å². The number of piperidine rings is 2. The molecule has 2 atom stereocenters. The van der Waals surface area contributed by atoms with Crippen LogP contribution in [-0.2, 0) is 0 Å². The van der Waals surface area contributed by atoms with E-state index in [2.05, 4.69) is 40.8 Å². The summed E-state index contributed by atoms with van der Waals surface area (Å²) in [4.78, 5) is 7.66. The van der Waals surface area contributed by atoms with Crippen LogP contribution in [0.5, 0.6) is 0 Å². The molecule has 5 heteroatoms. The Bertz CT molecular complexity index is 381. The van der Waals surface area contributed by atoms with E-state index in [1.165, 1.54) is 32.5 Å². The van der Waals surface area contributed by atoms with E-state index in [1.54, 1.807) is 0 Å². The lowest BCUT2D eigenvalue weighted by Gasteiger charge is -2.44. The van der Waals surface area contributed by atoms with Crippen LogP contribution in [0.1, 0.15) is 40.0 Å². The minimum atomic E-state index is -0.688. The fraction of sp³-hybridized carbons (Fsp3) is 1.00. The summed E-state index contributed by atoms with van der Waals surface area (Å²) in [6, 6.07) is 0.156. The van der Waals surface area contributed by atoms with Crippen molar-refractivity contribution < 1.29 is 4.39 Å². The normalized spacial score (nSPS) is 33.0. The van der Waals surface area contributed by atoms with Crippen LogP contribution in [0, 0.1) is 5.92 Å².